The van der Waals surface area contributed by atoms with E-state index >= 15 is 0 Å². The highest BCUT2D eigenvalue weighted by atomic mass is 16.5. The molecule has 0 saturated heterocycles. The molecule has 5 nitrogen and oxygen atoms in total. The van der Waals surface area contributed by atoms with E-state index in [-0.39, 0.29) is 0 Å². The van der Waals surface area contributed by atoms with Gasteiger partial charge in [-0.15, -0.1) is 10.2 Å². The van der Waals surface area contributed by atoms with Gasteiger partial charge in [-0.1, -0.05) is 18.2 Å². The molecule has 0 unspecified atom stereocenters. The van der Waals surface area contributed by atoms with E-state index in [4.69, 9.17) is 10.5 Å². The van der Waals surface area contributed by atoms with Gasteiger partial charge in [0.2, 0.25) is 0 Å². The first-order valence-electron chi connectivity index (χ1n) is 6.01. The summed E-state index contributed by atoms with van der Waals surface area (Å²) in [5, 5.41) is 8.44. The van der Waals surface area contributed by atoms with Crippen LogP contribution < -0.4 is 10.5 Å². The van der Waals surface area contributed by atoms with Crippen LogP contribution in [0, 0.1) is 0 Å². The van der Waals surface area contributed by atoms with Gasteiger partial charge >= 0.3 is 0 Å². The SMILES string of the molecule is COc1ccccc1-c1nnc2cccc(CN)n12. The maximum Gasteiger partial charge on any atom is 0.172 e. The van der Waals surface area contributed by atoms with Crippen LogP contribution in [0.4, 0.5) is 0 Å². The number of aromatic nitrogens is 3. The summed E-state index contributed by atoms with van der Waals surface area (Å²) in [7, 11) is 1.64. The molecule has 0 atom stereocenters. The van der Waals surface area contributed by atoms with Gasteiger partial charge in [0.05, 0.1) is 12.7 Å². The second-order valence-corrected chi connectivity index (χ2v) is 4.14. The molecule has 2 heterocycles. The summed E-state index contributed by atoms with van der Waals surface area (Å²) in [5.74, 6) is 1.51. The summed E-state index contributed by atoms with van der Waals surface area (Å²) in [5.41, 5.74) is 8.43. The van der Waals surface area contributed by atoms with Crippen molar-refractivity contribution >= 4 is 5.65 Å². The largest absolute Gasteiger partial charge is 0.496 e. The minimum absolute atomic E-state index is 0.428. The van der Waals surface area contributed by atoms with Crippen molar-refractivity contribution in [3.63, 3.8) is 0 Å². The Hall–Kier alpha value is -2.40. The molecular formula is C14H14N4O. The number of hydrogen-bond donors (Lipinski definition) is 1. The Morgan fingerprint density at radius 2 is 1.95 bits per heavy atom. The fraction of sp³-hybridized carbons (Fsp3) is 0.143. The Morgan fingerprint density at radius 3 is 2.74 bits per heavy atom. The normalized spacial score (nSPS) is 10.8. The van der Waals surface area contributed by atoms with Gasteiger partial charge in [0.1, 0.15) is 5.75 Å². The van der Waals surface area contributed by atoms with E-state index in [0.717, 1.165) is 28.5 Å². The van der Waals surface area contributed by atoms with E-state index in [9.17, 15) is 0 Å². The molecule has 3 aromatic rings. The number of methoxy groups -OCH3 is 1. The first-order valence-corrected chi connectivity index (χ1v) is 6.01. The van der Waals surface area contributed by atoms with Crippen molar-refractivity contribution in [2.24, 2.45) is 5.73 Å². The minimum Gasteiger partial charge on any atom is -0.496 e. The summed E-state index contributed by atoms with van der Waals surface area (Å²) in [6.45, 7) is 0.428. The quantitative estimate of drug-likeness (QED) is 0.774. The second kappa shape index (κ2) is 4.70. The molecular weight excluding hydrogens is 240 g/mol. The van der Waals surface area contributed by atoms with Gasteiger partial charge in [0.25, 0.3) is 0 Å². The van der Waals surface area contributed by atoms with Crippen molar-refractivity contribution in [2.75, 3.05) is 7.11 Å². The Balaban J connectivity index is 2.31. The van der Waals surface area contributed by atoms with Crippen molar-refractivity contribution in [1.82, 2.24) is 14.6 Å². The van der Waals surface area contributed by atoms with Crippen LogP contribution in [0.15, 0.2) is 42.5 Å². The number of fused-ring (bicyclic) bond motifs is 1. The topological polar surface area (TPSA) is 65.4 Å². The van der Waals surface area contributed by atoms with E-state index < -0.39 is 0 Å². The molecule has 0 radical (unpaired) electrons. The molecule has 19 heavy (non-hydrogen) atoms. The van der Waals surface area contributed by atoms with Crippen LogP contribution >= 0.6 is 0 Å². The Labute approximate surface area is 110 Å². The van der Waals surface area contributed by atoms with Gasteiger partial charge in [0, 0.05) is 12.2 Å². The summed E-state index contributed by atoms with van der Waals surface area (Å²) < 4.78 is 7.34. The van der Waals surface area contributed by atoms with E-state index in [0.29, 0.717) is 6.54 Å². The monoisotopic (exact) mass is 254 g/mol. The smallest absolute Gasteiger partial charge is 0.172 e. The van der Waals surface area contributed by atoms with Crippen molar-refractivity contribution in [2.45, 2.75) is 6.54 Å². The third-order valence-corrected chi connectivity index (χ3v) is 3.07. The number of hydrogen-bond acceptors (Lipinski definition) is 4. The van der Waals surface area contributed by atoms with Gasteiger partial charge in [-0.05, 0) is 24.3 Å². The molecule has 5 heteroatoms. The van der Waals surface area contributed by atoms with Gasteiger partial charge in [-0.3, -0.25) is 4.40 Å². The van der Waals surface area contributed by atoms with E-state index in [1.54, 1.807) is 7.11 Å². The van der Waals surface area contributed by atoms with Crippen LogP contribution in [0.25, 0.3) is 17.0 Å². The van der Waals surface area contributed by atoms with E-state index in [1.165, 1.54) is 0 Å². The molecule has 0 aliphatic heterocycles. The molecule has 0 saturated carbocycles. The lowest BCUT2D eigenvalue weighted by Gasteiger charge is -2.08. The van der Waals surface area contributed by atoms with Gasteiger partial charge < -0.3 is 10.5 Å². The second-order valence-electron chi connectivity index (χ2n) is 4.14. The average Bonchev–Trinajstić information content (AvgIpc) is 2.91. The first kappa shape index (κ1) is 11.7. The Bertz CT molecular complexity index is 720. The molecule has 96 valence electrons. The molecule has 0 aliphatic rings. The van der Waals surface area contributed by atoms with Crippen molar-refractivity contribution in [1.29, 1.82) is 0 Å². The molecule has 3 rings (SSSR count). The maximum absolute atomic E-state index is 5.78. The van der Waals surface area contributed by atoms with E-state index in [2.05, 4.69) is 10.2 Å². The molecule has 0 amide bonds. The minimum atomic E-state index is 0.428. The highest BCUT2D eigenvalue weighted by molar-refractivity contribution is 5.67. The van der Waals surface area contributed by atoms with Crippen LogP contribution in [-0.4, -0.2) is 21.7 Å². The molecule has 2 aromatic heterocycles. The van der Waals surface area contributed by atoms with Crippen LogP contribution in [0.5, 0.6) is 5.75 Å². The fourth-order valence-corrected chi connectivity index (χ4v) is 2.17. The van der Waals surface area contributed by atoms with Gasteiger partial charge in [-0.2, -0.15) is 0 Å². The lowest BCUT2D eigenvalue weighted by atomic mass is 10.2. The summed E-state index contributed by atoms with van der Waals surface area (Å²) in [6, 6.07) is 13.5. The lowest BCUT2D eigenvalue weighted by molar-refractivity contribution is 0.416. The highest BCUT2D eigenvalue weighted by Gasteiger charge is 2.14. The highest BCUT2D eigenvalue weighted by Crippen LogP contribution is 2.28. The third-order valence-electron chi connectivity index (χ3n) is 3.07. The molecule has 0 fully saturated rings. The number of para-hydroxylation sites is 1. The number of rotatable bonds is 3. The molecule has 1 aromatic carbocycles. The predicted octanol–water partition coefficient (Wildman–Crippen LogP) is 1.86. The number of benzene rings is 1. The van der Waals surface area contributed by atoms with Crippen molar-refractivity contribution in [3.05, 3.63) is 48.2 Å². The Kier molecular flexibility index (Phi) is 2.89. The summed E-state index contributed by atoms with van der Waals surface area (Å²) >= 11 is 0. The van der Waals surface area contributed by atoms with Gasteiger partial charge in [-0.25, -0.2) is 0 Å². The zero-order valence-corrected chi connectivity index (χ0v) is 10.6. The lowest BCUT2D eigenvalue weighted by Crippen LogP contribution is -2.05. The zero-order valence-electron chi connectivity index (χ0n) is 10.6. The van der Waals surface area contributed by atoms with Crippen LogP contribution in [0.3, 0.4) is 0 Å². The molecule has 0 bridgehead atoms. The van der Waals surface area contributed by atoms with Crippen molar-refractivity contribution < 1.29 is 4.74 Å². The zero-order chi connectivity index (χ0) is 13.2. The standard InChI is InChI=1S/C14H14N4O/c1-19-12-7-3-2-6-11(12)14-17-16-13-8-4-5-10(9-15)18(13)14/h2-8H,9,15H2,1H3. The number of nitrogens with zero attached hydrogens (tertiary/aromatic N) is 3. The van der Waals surface area contributed by atoms with E-state index in [1.807, 2.05) is 46.9 Å². The van der Waals surface area contributed by atoms with Crippen LogP contribution in [0.2, 0.25) is 0 Å². The van der Waals surface area contributed by atoms with Crippen LogP contribution in [0.1, 0.15) is 5.69 Å². The van der Waals surface area contributed by atoms with Crippen LogP contribution in [-0.2, 0) is 6.54 Å². The number of ether oxygens (including phenoxy) is 1. The van der Waals surface area contributed by atoms with Crippen molar-refractivity contribution in [3.8, 4) is 17.1 Å². The molecule has 0 spiro atoms. The molecule has 2 N–H and O–H groups in total. The summed E-state index contributed by atoms with van der Waals surface area (Å²) in [4.78, 5) is 0. The maximum atomic E-state index is 5.78. The first-order chi connectivity index (χ1) is 9.35. The number of pyridine rings is 1. The summed E-state index contributed by atoms with van der Waals surface area (Å²) in [6.07, 6.45) is 0. The third kappa shape index (κ3) is 1.84. The van der Waals surface area contributed by atoms with Gasteiger partial charge in [0.15, 0.2) is 11.5 Å². The average molecular weight is 254 g/mol. The molecule has 0 aliphatic carbocycles. The fourth-order valence-electron chi connectivity index (χ4n) is 2.17. The predicted molar refractivity (Wildman–Crippen MR) is 72.9 cm³/mol. The Morgan fingerprint density at radius 1 is 1.11 bits per heavy atom. The number of nitrogens with two attached hydrogens (primary N) is 1.